The molecular weight excluding hydrogens is 262 g/mol. The normalized spacial score (nSPS) is 11.9. The van der Waals surface area contributed by atoms with Gasteiger partial charge in [0.1, 0.15) is 6.54 Å². The maximum Gasteiger partial charge on any atom is 0.241 e. The van der Waals surface area contributed by atoms with Gasteiger partial charge in [0.2, 0.25) is 5.91 Å². The molecule has 1 heterocycles. The molecule has 0 fully saturated rings. The average molecular weight is 287 g/mol. The molecule has 4 heteroatoms. The van der Waals surface area contributed by atoms with Crippen LogP contribution in [0.1, 0.15) is 26.3 Å². The number of fused-ring (bicyclic) bond motifs is 1. The van der Waals surface area contributed by atoms with E-state index in [-0.39, 0.29) is 11.4 Å². The van der Waals surface area contributed by atoms with E-state index in [0.29, 0.717) is 6.54 Å². The maximum atomic E-state index is 11.9. The van der Waals surface area contributed by atoms with Crippen molar-refractivity contribution in [1.82, 2.24) is 14.8 Å². The van der Waals surface area contributed by atoms with Crippen LogP contribution < -0.4 is 5.32 Å². The molecule has 2 aromatic rings. The summed E-state index contributed by atoms with van der Waals surface area (Å²) in [5.74, 6) is 0.103. The van der Waals surface area contributed by atoms with Gasteiger partial charge in [-0.3, -0.25) is 4.79 Å². The van der Waals surface area contributed by atoms with Gasteiger partial charge in [-0.05, 0) is 43.9 Å². The molecule has 2 rings (SSSR count). The zero-order valence-corrected chi connectivity index (χ0v) is 13.6. The number of rotatable bonds is 4. The quantitative estimate of drug-likeness (QED) is 0.938. The van der Waals surface area contributed by atoms with Crippen LogP contribution in [-0.2, 0) is 17.9 Å². The Morgan fingerprint density at radius 2 is 1.95 bits per heavy atom. The van der Waals surface area contributed by atoms with Crippen molar-refractivity contribution in [1.29, 1.82) is 0 Å². The summed E-state index contributed by atoms with van der Waals surface area (Å²) in [6, 6.07) is 8.47. The van der Waals surface area contributed by atoms with Crippen LogP contribution in [0.15, 0.2) is 30.5 Å². The molecule has 0 unspecified atom stereocenters. The summed E-state index contributed by atoms with van der Waals surface area (Å²) in [7, 11) is 3.57. The number of hydrogen-bond acceptors (Lipinski definition) is 2. The molecule has 0 aliphatic carbocycles. The number of hydrogen-bond donors (Lipinski definition) is 1. The van der Waals surface area contributed by atoms with Crippen LogP contribution in [-0.4, -0.2) is 35.0 Å². The maximum absolute atomic E-state index is 11.9. The lowest BCUT2D eigenvalue weighted by molar-refractivity contribution is -0.129. The molecule has 0 spiro atoms. The van der Waals surface area contributed by atoms with Gasteiger partial charge in [-0.1, -0.05) is 12.1 Å². The number of amides is 1. The van der Waals surface area contributed by atoms with Crippen molar-refractivity contribution >= 4 is 16.8 Å². The zero-order valence-electron chi connectivity index (χ0n) is 13.6. The second-order valence-corrected chi connectivity index (χ2v) is 6.73. The summed E-state index contributed by atoms with van der Waals surface area (Å²) in [4.78, 5) is 13.5. The second-order valence-electron chi connectivity index (χ2n) is 6.73. The topological polar surface area (TPSA) is 37.3 Å². The van der Waals surface area contributed by atoms with E-state index in [1.807, 2.05) is 10.8 Å². The average Bonchev–Trinajstić information content (AvgIpc) is 2.78. The number of nitrogens with one attached hydrogen (secondary N) is 1. The molecule has 0 aliphatic heterocycles. The number of carbonyl (C=O) groups is 1. The molecule has 1 aromatic carbocycles. The van der Waals surface area contributed by atoms with Crippen molar-refractivity contribution in [3.8, 4) is 0 Å². The first-order chi connectivity index (χ1) is 9.76. The van der Waals surface area contributed by atoms with Gasteiger partial charge in [-0.2, -0.15) is 0 Å². The van der Waals surface area contributed by atoms with Crippen LogP contribution in [0.4, 0.5) is 0 Å². The molecule has 0 aliphatic rings. The highest BCUT2D eigenvalue weighted by molar-refractivity contribution is 5.83. The lowest BCUT2D eigenvalue weighted by atomic mass is 10.1. The van der Waals surface area contributed by atoms with E-state index in [2.05, 4.69) is 50.4 Å². The molecular formula is C17H25N3O. The van der Waals surface area contributed by atoms with Crippen LogP contribution in [0.3, 0.4) is 0 Å². The van der Waals surface area contributed by atoms with Gasteiger partial charge in [0.05, 0.1) is 0 Å². The number of nitrogens with zero attached hydrogens (tertiary/aromatic N) is 2. The summed E-state index contributed by atoms with van der Waals surface area (Å²) in [5, 5.41) is 4.66. The van der Waals surface area contributed by atoms with Gasteiger partial charge in [0, 0.05) is 37.9 Å². The Hall–Kier alpha value is -1.81. The predicted molar refractivity (Wildman–Crippen MR) is 87.2 cm³/mol. The Morgan fingerprint density at radius 1 is 1.24 bits per heavy atom. The van der Waals surface area contributed by atoms with Gasteiger partial charge >= 0.3 is 0 Å². The van der Waals surface area contributed by atoms with E-state index in [1.54, 1.807) is 19.0 Å². The molecule has 114 valence electrons. The first-order valence-electron chi connectivity index (χ1n) is 7.29. The monoisotopic (exact) mass is 287 g/mol. The Morgan fingerprint density at radius 3 is 2.57 bits per heavy atom. The highest BCUT2D eigenvalue weighted by Gasteiger charge is 2.11. The highest BCUT2D eigenvalue weighted by atomic mass is 16.2. The summed E-state index contributed by atoms with van der Waals surface area (Å²) >= 11 is 0. The van der Waals surface area contributed by atoms with E-state index in [0.717, 1.165) is 12.1 Å². The first-order valence-corrected chi connectivity index (χ1v) is 7.29. The molecule has 0 radical (unpaired) electrons. The lowest BCUT2D eigenvalue weighted by Crippen LogP contribution is -2.35. The Bertz CT molecular complexity index is 635. The third kappa shape index (κ3) is 4.08. The van der Waals surface area contributed by atoms with Gasteiger partial charge < -0.3 is 14.8 Å². The minimum atomic E-state index is 0.0951. The molecule has 1 N–H and O–H groups in total. The molecule has 0 atom stereocenters. The van der Waals surface area contributed by atoms with Crippen molar-refractivity contribution in [2.24, 2.45) is 0 Å². The van der Waals surface area contributed by atoms with Crippen LogP contribution in [0.25, 0.3) is 10.9 Å². The molecule has 1 amide bonds. The summed E-state index contributed by atoms with van der Waals surface area (Å²) in [6.45, 7) is 7.68. The van der Waals surface area contributed by atoms with Crippen molar-refractivity contribution in [3.63, 3.8) is 0 Å². The first kappa shape index (κ1) is 15.6. The minimum Gasteiger partial charge on any atom is -0.347 e. The standard InChI is InChI=1S/C17H25N3O/c1-17(2,3)18-11-13-6-7-14-8-9-20(15(14)10-13)12-16(21)19(4)5/h6-10,18H,11-12H2,1-5H3. The second kappa shape index (κ2) is 5.90. The van der Waals surface area contributed by atoms with E-state index >= 15 is 0 Å². The van der Waals surface area contributed by atoms with E-state index in [4.69, 9.17) is 0 Å². The van der Waals surface area contributed by atoms with Crippen molar-refractivity contribution < 1.29 is 4.79 Å². The number of benzene rings is 1. The summed E-state index contributed by atoms with van der Waals surface area (Å²) in [6.07, 6.45) is 1.98. The summed E-state index contributed by atoms with van der Waals surface area (Å²) in [5.41, 5.74) is 2.44. The minimum absolute atomic E-state index is 0.0951. The van der Waals surface area contributed by atoms with E-state index < -0.39 is 0 Å². The van der Waals surface area contributed by atoms with Crippen LogP contribution in [0.2, 0.25) is 0 Å². The van der Waals surface area contributed by atoms with Gasteiger partial charge in [0.15, 0.2) is 0 Å². The number of likely N-dealkylation sites (N-methyl/N-ethyl adjacent to an activating group) is 1. The number of carbonyl (C=O) groups excluding carboxylic acids is 1. The van der Waals surface area contributed by atoms with Crippen LogP contribution in [0, 0.1) is 0 Å². The molecule has 4 nitrogen and oxygen atoms in total. The van der Waals surface area contributed by atoms with Crippen molar-refractivity contribution in [2.45, 2.75) is 39.4 Å². The largest absolute Gasteiger partial charge is 0.347 e. The van der Waals surface area contributed by atoms with E-state index in [1.165, 1.54) is 10.9 Å². The van der Waals surface area contributed by atoms with Gasteiger partial charge in [-0.15, -0.1) is 0 Å². The third-order valence-corrected chi connectivity index (χ3v) is 3.47. The number of aromatic nitrogens is 1. The Kier molecular flexibility index (Phi) is 4.37. The fourth-order valence-electron chi connectivity index (χ4n) is 2.13. The van der Waals surface area contributed by atoms with Crippen LogP contribution in [0.5, 0.6) is 0 Å². The SMILES string of the molecule is CN(C)C(=O)Cn1ccc2ccc(CNC(C)(C)C)cc21. The van der Waals surface area contributed by atoms with Gasteiger partial charge in [0.25, 0.3) is 0 Å². The smallest absolute Gasteiger partial charge is 0.241 e. The zero-order chi connectivity index (χ0) is 15.6. The van der Waals surface area contributed by atoms with E-state index in [9.17, 15) is 4.79 Å². The van der Waals surface area contributed by atoms with Crippen molar-refractivity contribution in [3.05, 3.63) is 36.0 Å². The molecule has 21 heavy (non-hydrogen) atoms. The fraction of sp³-hybridized carbons (Fsp3) is 0.471. The molecule has 0 bridgehead atoms. The van der Waals surface area contributed by atoms with Crippen LogP contribution >= 0.6 is 0 Å². The molecule has 1 aromatic heterocycles. The highest BCUT2D eigenvalue weighted by Crippen LogP contribution is 2.18. The predicted octanol–water partition coefficient (Wildman–Crippen LogP) is 2.62. The van der Waals surface area contributed by atoms with Crippen molar-refractivity contribution in [2.75, 3.05) is 14.1 Å². The Balaban J connectivity index is 2.22. The molecule has 0 saturated heterocycles. The fourth-order valence-corrected chi connectivity index (χ4v) is 2.13. The van der Waals surface area contributed by atoms with Gasteiger partial charge in [-0.25, -0.2) is 0 Å². The lowest BCUT2D eigenvalue weighted by Gasteiger charge is -2.20. The summed E-state index contributed by atoms with van der Waals surface area (Å²) < 4.78 is 2.01. The third-order valence-electron chi connectivity index (χ3n) is 3.47. The Labute approximate surface area is 126 Å². The molecule has 0 saturated carbocycles.